The number of hydrogen-bond donors (Lipinski definition) is 0. The highest BCUT2D eigenvalue weighted by molar-refractivity contribution is 9.10. The fraction of sp³-hybridized carbons (Fsp3) is 0.364. The lowest BCUT2D eigenvalue weighted by Crippen LogP contribution is -1.95. The smallest absolute Gasteiger partial charge is 0.151 e. The van der Waals surface area contributed by atoms with Crippen LogP contribution in [0.1, 0.15) is 18.0 Å². The molecule has 0 amide bonds. The van der Waals surface area contributed by atoms with E-state index in [1.807, 2.05) is 23.9 Å². The van der Waals surface area contributed by atoms with Gasteiger partial charge in [0, 0.05) is 24.1 Å². The first-order valence-corrected chi connectivity index (χ1v) is 7.00. The summed E-state index contributed by atoms with van der Waals surface area (Å²) in [6, 6.07) is 4.07. The number of rotatable bonds is 1. The second kappa shape index (κ2) is 3.83. The highest BCUT2D eigenvalue weighted by Gasteiger charge is 2.20. The van der Waals surface area contributed by atoms with Crippen LogP contribution in [0.4, 0.5) is 0 Å². The Kier molecular flexibility index (Phi) is 2.48. The van der Waals surface area contributed by atoms with Crippen LogP contribution in [0, 0.1) is 0 Å². The zero-order valence-corrected chi connectivity index (χ0v) is 10.6. The first-order chi connectivity index (χ1) is 7.34. The van der Waals surface area contributed by atoms with Crippen molar-refractivity contribution in [3.05, 3.63) is 34.7 Å². The maximum Gasteiger partial charge on any atom is 0.151 e. The normalized spacial score (nSPS) is 21.3. The minimum Gasteiger partial charge on any atom is -0.306 e. The summed E-state index contributed by atoms with van der Waals surface area (Å²) in [5.41, 5.74) is 2.27. The Hall–Kier alpha value is -0.480. The van der Waals surface area contributed by atoms with Crippen molar-refractivity contribution in [3.63, 3.8) is 0 Å². The van der Waals surface area contributed by atoms with E-state index in [4.69, 9.17) is 4.98 Å². The van der Waals surface area contributed by atoms with Crippen LogP contribution < -0.4 is 0 Å². The van der Waals surface area contributed by atoms with Crippen molar-refractivity contribution in [2.45, 2.75) is 12.3 Å². The molecular weight excluding hydrogens is 272 g/mol. The van der Waals surface area contributed by atoms with Gasteiger partial charge in [-0.1, -0.05) is 0 Å². The monoisotopic (exact) mass is 282 g/mol. The molecular formula is C11H11BrN2S. The molecule has 0 spiro atoms. The minimum atomic E-state index is 0.654. The van der Waals surface area contributed by atoms with Gasteiger partial charge in [0.2, 0.25) is 0 Å². The van der Waals surface area contributed by atoms with E-state index in [0.717, 1.165) is 10.1 Å². The predicted octanol–water partition coefficient (Wildman–Crippen LogP) is 3.32. The molecule has 15 heavy (non-hydrogen) atoms. The molecule has 0 N–H and O–H groups in total. The van der Waals surface area contributed by atoms with Gasteiger partial charge in [-0.3, -0.25) is 0 Å². The van der Waals surface area contributed by atoms with Crippen LogP contribution >= 0.6 is 27.7 Å². The molecule has 2 aromatic heterocycles. The number of hydrogen-bond acceptors (Lipinski definition) is 2. The SMILES string of the molecule is Brc1cccn2cc(C3CCSC3)nc12. The van der Waals surface area contributed by atoms with Gasteiger partial charge in [-0.2, -0.15) is 11.8 Å². The Labute approximate surface area is 101 Å². The third-order valence-electron chi connectivity index (χ3n) is 2.80. The highest BCUT2D eigenvalue weighted by atomic mass is 79.9. The van der Waals surface area contributed by atoms with Gasteiger partial charge in [-0.05, 0) is 40.2 Å². The Morgan fingerprint density at radius 3 is 3.20 bits per heavy atom. The zero-order chi connectivity index (χ0) is 10.3. The lowest BCUT2D eigenvalue weighted by molar-refractivity contribution is 0.759. The van der Waals surface area contributed by atoms with Crippen LogP contribution in [0.25, 0.3) is 5.65 Å². The molecule has 1 aliphatic rings. The van der Waals surface area contributed by atoms with Gasteiger partial charge in [0.25, 0.3) is 0 Å². The number of pyridine rings is 1. The van der Waals surface area contributed by atoms with Gasteiger partial charge in [0.15, 0.2) is 5.65 Å². The predicted molar refractivity (Wildman–Crippen MR) is 67.6 cm³/mol. The lowest BCUT2D eigenvalue weighted by atomic mass is 10.1. The maximum absolute atomic E-state index is 4.70. The summed E-state index contributed by atoms with van der Waals surface area (Å²) >= 11 is 5.56. The molecule has 1 unspecified atom stereocenters. The van der Waals surface area contributed by atoms with Crippen molar-refractivity contribution in [1.29, 1.82) is 0 Å². The van der Waals surface area contributed by atoms with Gasteiger partial charge in [0.1, 0.15) is 0 Å². The van der Waals surface area contributed by atoms with Crippen LogP contribution in [0.3, 0.4) is 0 Å². The summed E-state index contributed by atoms with van der Waals surface area (Å²) in [5, 5.41) is 0. The zero-order valence-electron chi connectivity index (χ0n) is 8.19. The third-order valence-corrected chi connectivity index (χ3v) is 4.58. The molecule has 2 nitrogen and oxygen atoms in total. The molecule has 1 aliphatic heterocycles. The Bertz CT molecular complexity index is 488. The van der Waals surface area contributed by atoms with Crippen LogP contribution in [-0.2, 0) is 0 Å². The average Bonchev–Trinajstić information content (AvgIpc) is 2.86. The highest BCUT2D eigenvalue weighted by Crippen LogP contribution is 2.32. The summed E-state index contributed by atoms with van der Waals surface area (Å²) in [6.07, 6.45) is 5.49. The van der Waals surface area contributed by atoms with Gasteiger partial charge in [-0.25, -0.2) is 4.98 Å². The van der Waals surface area contributed by atoms with E-state index in [0.29, 0.717) is 5.92 Å². The lowest BCUT2D eigenvalue weighted by Gasteiger charge is -2.01. The number of imidazole rings is 1. The number of aromatic nitrogens is 2. The van der Waals surface area contributed by atoms with Gasteiger partial charge in [0.05, 0.1) is 10.2 Å². The van der Waals surface area contributed by atoms with Gasteiger partial charge >= 0.3 is 0 Å². The molecule has 3 heterocycles. The molecule has 1 saturated heterocycles. The number of nitrogens with zero attached hydrogens (tertiary/aromatic N) is 2. The van der Waals surface area contributed by atoms with Crippen LogP contribution in [0.15, 0.2) is 29.0 Å². The van der Waals surface area contributed by atoms with E-state index in [9.17, 15) is 0 Å². The van der Waals surface area contributed by atoms with Crippen molar-refractivity contribution in [3.8, 4) is 0 Å². The van der Waals surface area contributed by atoms with Crippen molar-refractivity contribution in [2.75, 3.05) is 11.5 Å². The summed E-state index contributed by atoms with van der Waals surface area (Å²) in [6.45, 7) is 0. The van der Waals surface area contributed by atoms with E-state index < -0.39 is 0 Å². The van der Waals surface area contributed by atoms with Gasteiger partial charge in [-0.15, -0.1) is 0 Å². The Morgan fingerprint density at radius 1 is 1.53 bits per heavy atom. The van der Waals surface area contributed by atoms with Crippen LogP contribution in [0.2, 0.25) is 0 Å². The molecule has 0 aliphatic carbocycles. The summed E-state index contributed by atoms with van der Waals surface area (Å²) in [4.78, 5) is 4.70. The molecule has 4 heteroatoms. The van der Waals surface area contributed by atoms with E-state index in [2.05, 4.69) is 32.7 Å². The van der Waals surface area contributed by atoms with Crippen LogP contribution in [-0.4, -0.2) is 20.9 Å². The Balaban J connectivity index is 2.09. The summed E-state index contributed by atoms with van der Waals surface area (Å²) in [7, 11) is 0. The first-order valence-electron chi connectivity index (χ1n) is 5.05. The summed E-state index contributed by atoms with van der Waals surface area (Å²) in [5.74, 6) is 3.16. The fourth-order valence-electron chi connectivity index (χ4n) is 1.96. The van der Waals surface area contributed by atoms with Crippen molar-refractivity contribution < 1.29 is 0 Å². The van der Waals surface area contributed by atoms with Crippen molar-refractivity contribution in [2.24, 2.45) is 0 Å². The van der Waals surface area contributed by atoms with E-state index in [-0.39, 0.29) is 0 Å². The number of halogens is 1. The molecule has 2 aromatic rings. The Morgan fingerprint density at radius 2 is 2.47 bits per heavy atom. The van der Waals surface area contributed by atoms with Gasteiger partial charge < -0.3 is 4.40 Å². The second-order valence-corrected chi connectivity index (χ2v) is 5.82. The average molecular weight is 283 g/mol. The fourth-order valence-corrected chi connectivity index (χ4v) is 3.65. The standard InChI is InChI=1S/C11H11BrN2S/c12-9-2-1-4-14-6-10(13-11(9)14)8-3-5-15-7-8/h1-2,4,6,8H,3,5,7H2. The largest absolute Gasteiger partial charge is 0.306 e. The van der Waals surface area contributed by atoms with Crippen molar-refractivity contribution >= 4 is 33.3 Å². The molecule has 0 bridgehead atoms. The number of fused-ring (bicyclic) bond motifs is 1. The van der Waals surface area contributed by atoms with Crippen LogP contribution in [0.5, 0.6) is 0 Å². The molecule has 1 atom stereocenters. The second-order valence-electron chi connectivity index (χ2n) is 3.81. The summed E-state index contributed by atoms with van der Waals surface area (Å²) < 4.78 is 3.17. The van der Waals surface area contributed by atoms with E-state index in [1.165, 1.54) is 23.6 Å². The quantitative estimate of drug-likeness (QED) is 0.798. The first kappa shape index (κ1) is 9.73. The molecule has 0 aromatic carbocycles. The van der Waals surface area contributed by atoms with Crippen molar-refractivity contribution in [1.82, 2.24) is 9.38 Å². The third kappa shape index (κ3) is 1.70. The molecule has 78 valence electrons. The number of thioether (sulfide) groups is 1. The molecule has 0 radical (unpaired) electrons. The molecule has 0 saturated carbocycles. The van der Waals surface area contributed by atoms with E-state index >= 15 is 0 Å². The molecule has 3 rings (SSSR count). The minimum absolute atomic E-state index is 0.654. The maximum atomic E-state index is 4.70. The molecule has 1 fully saturated rings. The van der Waals surface area contributed by atoms with E-state index in [1.54, 1.807) is 0 Å². The topological polar surface area (TPSA) is 17.3 Å².